The second-order valence-electron chi connectivity index (χ2n) is 2.68. The van der Waals surface area contributed by atoms with E-state index in [4.69, 9.17) is 16.3 Å². The number of rotatable bonds is 7. The highest BCUT2D eigenvalue weighted by Gasteiger charge is 2.03. The molecule has 0 rings (SSSR count). The molecule has 0 spiro atoms. The molecule has 0 aromatic carbocycles. The van der Waals surface area contributed by atoms with Crippen molar-refractivity contribution < 1.29 is 4.74 Å². The van der Waals surface area contributed by atoms with Crippen LogP contribution in [0.3, 0.4) is 0 Å². The molecular weight excluding hydrogens is 160 g/mol. The lowest BCUT2D eigenvalue weighted by atomic mass is 10.0. The second-order valence-corrected chi connectivity index (χ2v) is 2.99. The summed E-state index contributed by atoms with van der Waals surface area (Å²) in [6.07, 6.45) is 5.19. The van der Waals surface area contributed by atoms with Crippen LogP contribution in [0, 0.1) is 5.92 Å². The van der Waals surface area contributed by atoms with Crippen molar-refractivity contribution in [3.05, 3.63) is 12.7 Å². The minimum absolute atomic E-state index is 0.587. The van der Waals surface area contributed by atoms with E-state index in [0.717, 1.165) is 31.7 Å². The molecule has 0 amide bonds. The molecule has 0 heterocycles. The van der Waals surface area contributed by atoms with Crippen molar-refractivity contribution in [1.82, 2.24) is 0 Å². The highest BCUT2D eigenvalue weighted by molar-refractivity contribution is 6.18. The second kappa shape index (κ2) is 8.09. The molecule has 1 unspecified atom stereocenters. The Balaban J connectivity index is 3.27. The molecule has 1 nitrogen and oxygen atoms in total. The van der Waals surface area contributed by atoms with Crippen LogP contribution in [0.1, 0.15) is 19.3 Å². The molecule has 1 atom stereocenters. The quantitative estimate of drug-likeness (QED) is 0.329. The maximum Gasteiger partial charge on any atom is 0.0462 e. The maximum absolute atomic E-state index is 5.74. The van der Waals surface area contributed by atoms with E-state index in [9.17, 15) is 0 Å². The molecule has 0 N–H and O–H groups in total. The molecule has 0 aromatic rings. The third kappa shape index (κ3) is 6.39. The Labute approximate surface area is 74.4 Å². The molecular formula is C9H17ClO. The number of hydrogen-bond acceptors (Lipinski definition) is 1. The van der Waals surface area contributed by atoms with Gasteiger partial charge in [-0.05, 0) is 25.2 Å². The highest BCUT2D eigenvalue weighted by Crippen LogP contribution is 2.13. The standard InChI is InChI=1S/C9H17ClO/c1-3-5-9(8-10)6-4-7-11-2/h3,9H,1,4-8H2,2H3. The molecule has 66 valence electrons. The summed E-state index contributed by atoms with van der Waals surface area (Å²) < 4.78 is 4.95. The first-order chi connectivity index (χ1) is 5.35. The van der Waals surface area contributed by atoms with Crippen molar-refractivity contribution in [2.24, 2.45) is 5.92 Å². The monoisotopic (exact) mass is 176 g/mol. The molecule has 11 heavy (non-hydrogen) atoms. The van der Waals surface area contributed by atoms with Gasteiger partial charge in [0.05, 0.1) is 0 Å². The molecule has 0 aliphatic heterocycles. The Morgan fingerprint density at radius 3 is 2.82 bits per heavy atom. The maximum atomic E-state index is 5.74. The molecule has 0 aromatic heterocycles. The molecule has 0 saturated heterocycles. The van der Waals surface area contributed by atoms with Gasteiger partial charge in [0.25, 0.3) is 0 Å². The summed E-state index contributed by atoms with van der Waals surface area (Å²) in [5.41, 5.74) is 0. The lowest BCUT2D eigenvalue weighted by molar-refractivity contribution is 0.188. The van der Waals surface area contributed by atoms with E-state index in [1.807, 2.05) is 6.08 Å². The summed E-state index contributed by atoms with van der Waals surface area (Å²) in [7, 11) is 1.73. The van der Waals surface area contributed by atoms with Crippen LogP contribution in [0.25, 0.3) is 0 Å². The van der Waals surface area contributed by atoms with Crippen molar-refractivity contribution in [2.45, 2.75) is 19.3 Å². The SMILES string of the molecule is C=CCC(CCl)CCCOC. The lowest BCUT2D eigenvalue weighted by Gasteiger charge is -2.09. The van der Waals surface area contributed by atoms with Crippen LogP contribution in [0.4, 0.5) is 0 Å². The number of alkyl halides is 1. The molecule has 0 fully saturated rings. The van der Waals surface area contributed by atoms with Crippen LogP contribution in [-0.4, -0.2) is 19.6 Å². The third-order valence-electron chi connectivity index (χ3n) is 1.68. The molecule has 0 saturated carbocycles. The van der Waals surface area contributed by atoms with E-state index in [1.165, 1.54) is 0 Å². The highest BCUT2D eigenvalue weighted by atomic mass is 35.5. The van der Waals surface area contributed by atoms with Crippen LogP contribution in [0.15, 0.2) is 12.7 Å². The molecule has 0 aliphatic carbocycles. The molecule has 2 heteroatoms. The smallest absolute Gasteiger partial charge is 0.0462 e. The van der Waals surface area contributed by atoms with Gasteiger partial charge in [-0.1, -0.05) is 6.08 Å². The van der Waals surface area contributed by atoms with Crippen molar-refractivity contribution in [3.8, 4) is 0 Å². The molecule has 0 aliphatic rings. The number of halogens is 1. The fourth-order valence-electron chi connectivity index (χ4n) is 1.01. The van der Waals surface area contributed by atoms with E-state index in [0.29, 0.717) is 5.92 Å². The van der Waals surface area contributed by atoms with E-state index in [-0.39, 0.29) is 0 Å². The average molecular weight is 177 g/mol. The van der Waals surface area contributed by atoms with Crippen LogP contribution in [-0.2, 0) is 4.74 Å². The fourth-order valence-corrected chi connectivity index (χ4v) is 1.29. The predicted octanol–water partition coefficient (Wildman–Crippen LogP) is 2.84. The van der Waals surface area contributed by atoms with Crippen LogP contribution in [0.5, 0.6) is 0 Å². The molecule has 0 bridgehead atoms. The Hall–Kier alpha value is -0.0100. The summed E-state index contributed by atoms with van der Waals surface area (Å²) in [4.78, 5) is 0. The Morgan fingerprint density at radius 2 is 2.36 bits per heavy atom. The van der Waals surface area contributed by atoms with E-state index in [1.54, 1.807) is 7.11 Å². The number of hydrogen-bond donors (Lipinski definition) is 0. The van der Waals surface area contributed by atoms with Gasteiger partial charge in [0.1, 0.15) is 0 Å². The van der Waals surface area contributed by atoms with Gasteiger partial charge >= 0.3 is 0 Å². The summed E-state index contributed by atoms with van der Waals surface area (Å²) >= 11 is 5.74. The van der Waals surface area contributed by atoms with Gasteiger partial charge in [-0.15, -0.1) is 18.2 Å². The molecule has 0 radical (unpaired) electrons. The minimum Gasteiger partial charge on any atom is -0.385 e. The first-order valence-electron chi connectivity index (χ1n) is 4.01. The Bertz CT molecular complexity index is 93.6. The van der Waals surface area contributed by atoms with Gasteiger partial charge in [-0.3, -0.25) is 0 Å². The third-order valence-corrected chi connectivity index (χ3v) is 2.12. The Kier molecular flexibility index (Phi) is 8.08. The van der Waals surface area contributed by atoms with Crippen molar-refractivity contribution in [2.75, 3.05) is 19.6 Å². The van der Waals surface area contributed by atoms with Gasteiger partial charge in [0, 0.05) is 19.6 Å². The van der Waals surface area contributed by atoms with Gasteiger partial charge in [0.15, 0.2) is 0 Å². The van der Waals surface area contributed by atoms with Gasteiger partial charge in [-0.25, -0.2) is 0 Å². The van der Waals surface area contributed by atoms with Crippen molar-refractivity contribution in [1.29, 1.82) is 0 Å². The average Bonchev–Trinajstić information content (AvgIpc) is 2.03. The first kappa shape index (κ1) is 11.0. The van der Waals surface area contributed by atoms with Gasteiger partial charge in [-0.2, -0.15) is 0 Å². The summed E-state index contributed by atoms with van der Waals surface area (Å²) in [5, 5.41) is 0. The zero-order valence-corrected chi connectivity index (χ0v) is 7.94. The van der Waals surface area contributed by atoms with E-state index >= 15 is 0 Å². The zero-order valence-electron chi connectivity index (χ0n) is 7.18. The van der Waals surface area contributed by atoms with Crippen LogP contribution in [0.2, 0.25) is 0 Å². The Morgan fingerprint density at radius 1 is 1.64 bits per heavy atom. The normalized spacial score (nSPS) is 12.9. The minimum atomic E-state index is 0.587. The van der Waals surface area contributed by atoms with E-state index < -0.39 is 0 Å². The van der Waals surface area contributed by atoms with Crippen LogP contribution < -0.4 is 0 Å². The van der Waals surface area contributed by atoms with Gasteiger partial charge < -0.3 is 4.74 Å². The summed E-state index contributed by atoms with van der Waals surface area (Å²) in [5.74, 6) is 1.32. The van der Waals surface area contributed by atoms with Crippen molar-refractivity contribution in [3.63, 3.8) is 0 Å². The first-order valence-corrected chi connectivity index (χ1v) is 4.54. The van der Waals surface area contributed by atoms with Gasteiger partial charge in [0.2, 0.25) is 0 Å². The summed E-state index contributed by atoms with van der Waals surface area (Å²) in [6.45, 7) is 4.52. The van der Waals surface area contributed by atoms with Crippen molar-refractivity contribution >= 4 is 11.6 Å². The largest absolute Gasteiger partial charge is 0.385 e. The number of ether oxygens (including phenoxy) is 1. The topological polar surface area (TPSA) is 9.23 Å². The predicted molar refractivity (Wildman–Crippen MR) is 50.1 cm³/mol. The van der Waals surface area contributed by atoms with Crippen LogP contribution >= 0.6 is 11.6 Å². The van der Waals surface area contributed by atoms with E-state index in [2.05, 4.69) is 6.58 Å². The fraction of sp³-hybridized carbons (Fsp3) is 0.778. The number of methoxy groups -OCH3 is 1. The number of allylic oxidation sites excluding steroid dienone is 1. The lowest BCUT2D eigenvalue weighted by Crippen LogP contribution is -2.02. The zero-order chi connectivity index (χ0) is 8.53. The summed E-state index contributed by atoms with van der Waals surface area (Å²) in [6, 6.07) is 0.